The van der Waals surface area contributed by atoms with Crippen molar-refractivity contribution in [2.24, 2.45) is 5.41 Å². The van der Waals surface area contributed by atoms with Crippen LogP contribution >= 0.6 is 0 Å². The molecule has 0 fully saturated rings. The molecule has 15 heavy (non-hydrogen) atoms. The third-order valence-electron chi connectivity index (χ3n) is 2.05. The van der Waals surface area contributed by atoms with E-state index in [2.05, 4.69) is 0 Å². The summed E-state index contributed by atoms with van der Waals surface area (Å²) >= 11 is 0. The molecule has 1 unspecified atom stereocenters. The maximum atomic E-state index is 10.6. The molecule has 0 heterocycles. The minimum Gasteiger partial charge on any atom is -0.549 e. The molecule has 0 spiro atoms. The van der Waals surface area contributed by atoms with Crippen LogP contribution in [-0.2, 0) is 9.59 Å². The molecule has 0 saturated heterocycles. The largest absolute Gasteiger partial charge is 1.00 e. The van der Waals surface area contributed by atoms with E-state index in [1.54, 1.807) is 0 Å². The molecule has 0 aromatic carbocycles. The molecule has 1 rings (SSSR count). The second kappa shape index (κ2) is 6.89. The van der Waals surface area contributed by atoms with Gasteiger partial charge in [0.05, 0.1) is 11.9 Å². The summed E-state index contributed by atoms with van der Waals surface area (Å²) in [7, 11) is 0. The van der Waals surface area contributed by atoms with E-state index in [1.807, 2.05) is 0 Å². The van der Waals surface area contributed by atoms with Gasteiger partial charge in [0.2, 0.25) is 0 Å². The molecule has 70 valence electrons. The standard InChI is InChI=1S/C9H10O4.2Na/c1-9(8(12)13)4-2-3-6(5-9)7(10)11;;/h2-4H,5H2,1H3,(H,10,11)(H,12,13);;/q;2*+1/p-2. The Bertz CT molecular complexity index is 322. The van der Waals surface area contributed by atoms with Gasteiger partial charge in [0.25, 0.3) is 0 Å². The summed E-state index contributed by atoms with van der Waals surface area (Å²) in [6, 6.07) is 0. The molecule has 0 saturated carbocycles. The average molecular weight is 226 g/mol. The summed E-state index contributed by atoms with van der Waals surface area (Å²) in [5.41, 5.74) is -1.25. The van der Waals surface area contributed by atoms with Crippen LogP contribution in [0.5, 0.6) is 0 Å². The van der Waals surface area contributed by atoms with Gasteiger partial charge in [0.15, 0.2) is 0 Å². The summed E-state index contributed by atoms with van der Waals surface area (Å²) < 4.78 is 0. The summed E-state index contributed by atoms with van der Waals surface area (Å²) in [5.74, 6) is -2.62. The Kier molecular flexibility index (Phi) is 8.17. The van der Waals surface area contributed by atoms with Crippen LogP contribution in [0.1, 0.15) is 13.3 Å². The number of hydrogen-bond donors (Lipinski definition) is 0. The fraction of sp³-hybridized carbons (Fsp3) is 0.333. The van der Waals surface area contributed by atoms with Crippen LogP contribution in [0.4, 0.5) is 0 Å². The zero-order chi connectivity index (χ0) is 10.1. The molecule has 0 bridgehead atoms. The van der Waals surface area contributed by atoms with Gasteiger partial charge >= 0.3 is 59.1 Å². The normalized spacial score (nSPS) is 23.1. The topological polar surface area (TPSA) is 80.3 Å². The number of allylic oxidation sites excluding steroid dienone is 2. The van der Waals surface area contributed by atoms with Crippen molar-refractivity contribution in [1.29, 1.82) is 0 Å². The number of carbonyl (C=O) groups is 2. The number of carbonyl (C=O) groups excluding carboxylic acids is 2. The Morgan fingerprint density at radius 3 is 2.27 bits per heavy atom. The second-order valence-electron chi connectivity index (χ2n) is 3.22. The number of rotatable bonds is 2. The molecule has 4 nitrogen and oxygen atoms in total. The third kappa shape index (κ3) is 4.43. The van der Waals surface area contributed by atoms with E-state index >= 15 is 0 Å². The van der Waals surface area contributed by atoms with Crippen molar-refractivity contribution in [2.45, 2.75) is 13.3 Å². The smallest absolute Gasteiger partial charge is 0.549 e. The first-order chi connectivity index (χ1) is 5.96. The monoisotopic (exact) mass is 226 g/mol. The zero-order valence-corrected chi connectivity index (χ0v) is 13.1. The Labute approximate surface area is 132 Å². The fourth-order valence-electron chi connectivity index (χ4n) is 1.17. The van der Waals surface area contributed by atoms with Gasteiger partial charge in [-0.05, 0) is 12.0 Å². The number of carboxylic acids is 2. The minimum atomic E-state index is -1.34. The SMILES string of the molecule is CC1(C(=O)[O-])C=CC=C(C(=O)[O-])C1.[Na+].[Na+]. The van der Waals surface area contributed by atoms with Gasteiger partial charge in [-0.3, -0.25) is 0 Å². The maximum Gasteiger partial charge on any atom is 1.00 e. The zero-order valence-electron chi connectivity index (χ0n) is 9.07. The van der Waals surface area contributed by atoms with Gasteiger partial charge in [-0.1, -0.05) is 25.2 Å². The van der Waals surface area contributed by atoms with Crippen LogP contribution in [0.15, 0.2) is 23.8 Å². The van der Waals surface area contributed by atoms with Crippen molar-refractivity contribution in [3.63, 3.8) is 0 Å². The van der Waals surface area contributed by atoms with Crippen LogP contribution in [0, 0.1) is 5.41 Å². The van der Waals surface area contributed by atoms with E-state index in [9.17, 15) is 19.8 Å². The van der Waals surface area contributed by atoms with E-state index in [0.29, 0.717) is 0 Å². The minimum absolute atomic E-state index is 0. The Morgan fingerprint density at radius 2 is 1.87 bits per heavy atom. The first-order valence-corrected chi connectivity index (χ1v) is 3.77. The third-order valence-corrected chi connectivity index (χ3v) is 2.05. The molecule has 0 radical (unpaired) electrons. The molecule has 1 atom stereocenters. The van der Waals surface area contributed by atoms with Gasteiger partial charge in [0, 0.05) is 5.41 Å². The van der Waals surface area contributed by atoms with Gasteiger partial charge in [0.1, 0.15) is 0 Å². The number of carboxylic acid groups (broad SMARTS) is 2. The Morgan fingerprint density at radius 1 is 1.33 bits per heavy atom. The van der Waals surface area contributed by atoms with Gasteiger partial charge in [-0.25, -0.2) is 0 Å². The molecule has 1 aliphatic carbocycles. The second-order valence-corrected chi connectivity index (χ2v) is 3.22. The van der Waals surface area contributed by atoms with Crippen LogP contribution in [0.3, 0.4) is 0 Å². The fourth-order valence-corrected chi connectivity index (χ4v) is 1.17. The maximum absolute atomic E-state index is 10.6. The summed E-state index contributed by atoms with van der Waals surface area (Å²) in [6.45, 7) is 1.41. The first-order valence-electron chi connectivity index (χ1n) is 3.77. The van der Waals surface area contributed by atoms with Crippen molar-refractivity contribution in [3.8, 4) is 0 Å². The van der Waals surface area contributed by atoms with Crippen molar-refractivity contribution >= 4 is 11.9 Å². The molecule has 0 N–H and O–H groups in total. The molecule has 0 aliphatic heterocycles. The van der Waals surface area contributed by atoms with Crippen LogP contribution in [0.25, 0.3) is 0 Å². The van der Waals surface area contributed by atoms with Crippen LogP contribution in [0.2, 0.25) is 0 Å². The van der Waals surface area contributed by atoms with E-state index < -0.39 is 17.4 Å². The van der Waals surface area contributed by atoms with Crippen LogP contribution < -0.4 is 69.3 Å². The molecule has 0 amide bonds. The molecular weight excluding hydrogens is 218 g/mol. The van der Waals surface area contributed by atoms with Crippen molar-refractivity contribution in [3.05, 3.63) is 23.8 Å². The van der Waals surface area contributed by atoms with Gasteiger partial charge in [-0.15, -0.1) is 0 Å². The van der Waals surface area contributed by atoms with Crippen molar-refractivity contribution < 1.29 is 78.9 Å². The Hall–Kier alpha value is 0.420. The molecular formula is C9H8Na2O4. The summed E-state index contributed by atoms with van der Waals surface area (Å²) in [6.07, 6.45) is 4.05. The molecule has 0 aromatic heterocycles. The van der Waals surface area contributed by atoms with Crippen LogP contribution in [-0.4, -0.2) is 11.9 Å². The van der Waals surface area contributed by atoms with Gasteiger partial charge in [-0.2, -0.15) is 0 Å². The quantitative estimate of drug-likeness (QED) is 0.438. The number of hydrogen-bond acceptors (Lipinski definition) is 4. The molecule has 0 aromatic rings. The van der Waals surface area contributed by atoms with Gasteiger partial charge < -0.3 is 19.8 Å². The summed E-state index contributed by atoms with van der Waals surface area (Å²) in [4.78, 5) is 21.1. The predicted octanol–water partition coefficient (Wildman–Crippen LogP) is -7.61. The van der Waals surface area contributed by atoms with E-state index in [4.69, 9.17) is 0 Å². The first kappa shape index (κ1) is 17.8. The predicted molar refractivity (Wildman–Crippen MR) is 40.0 cm³/mol. The average Bonchev–Trinajstić information content (AvgIpc) is 2.04. The summed E-state index contributed by atoms with van der Waals surface area (Å²) in [5, 5.41) is 21.1. The number of aliphatic carboxylic acids is 2. The Balaban J connectivity index is 0. The molecule has 1 aliphatic rings. The van der Waals surface area contributed by atoms with Crippen molar-refractivity contribution in [2.75, 3.05) is 0 Å². The molecule has 6 heteroatoms. The van der Waals surface area contributed by atoms with E-state index in [-0.39, 0.29) is 71.1 Å². The van der Waals surface area contributed by atoms with E-state index in [0.717, 1.165) is 0 Å². The van der Waals surface area contributed by atoms with Crippen molar-refractivity contribution in [1.82, 2.24) is 0 Å². The van der Waals surface area contributed by atoms with E-state index in [1.165, 1.54) is 25.2 Å².